The minimum atomic E-state index is 0.683. The fourth-order valence-electron chi connectivity index (χ4n) is 3.19. The minimum absolute atomic E-state index is 0.683. The standard InChI is InChI=1S/C16H25ClN2/c1-18-16-10-6-4-8-14(16)12-19(2)11-13-7-3-5-9-15(13)17/h3,5,7,9,14,16,18H,4,6,8,10-12H2,1-2H3. The first-order valence-corrected chi connectivity index (χ1v) is 7.67. The van der Waals surface area contributed by atoms with E-state index in [9.17, 15) is 0 Å². The zero-order chi connectivity index (χ0) is 13.7. The summed E-state index contributed by atoms with van der Waals surface area (Å²) in [6.07, 6.45) is 5.42. The van der Waals surface area contributed by atoms with Gasteiger partial charge in [-0.15, -0.1) is 0 Å². The topological polar surface area (TPSA) is 15.3 Å². The third-order valence-electron chi connectivity index (χ3n) is 4.22. The van der Waals surface area contributed by atoms with E-state index in [4.69, 9.17) is 11.6 Å². The van der Waals surface area contributed by atoms with Crippen LogP contribution in [0, 0.1) is 5.92 Å². The summed E-state index contributed by atoms with van der Waals surface area (Å²) in [7, 11) is 4.29. The van der Waals surface area contributed by atoms with Crippen molar-refractivity contribution in [2.24, 2.45) is 5.92 Å². The monoisotopic (exact) mass is 280 g/mol. The number of hydrogen-bond acceptors (Lipinski definition) is 2. The lowest BCUT2D eigenvalue weighted by molar-refractivity contribution is 0.190. The molecule has 0 radical (unpaired) electrons. The first-order chi connectivity index (χ1) is 9.20. The van der Waals surface area contributed by atoms with E-state index in [0.29, 0.717) is 6.04 Å². The van der Waals surface area contributed by atoms with E-state index >= 15 is 0 Å². The van der Waals surface area contributed by atoms with Crippen LogP contribution >= 0.6 is 11.6 Å². The molecular formula is C16H25ClN2. The molecule has 0 aliphatic heterocycles. The summed E-state index contributed by atoms with van der Waals surface area (Å²) in [4.78, 5) is 2.40. The Bertz CT molecular complexity index is 394. The summed E-state index contributed by atoms with van der Waals surface area (Å²) in [5.74, 6) is 0.770. The Labute approximate surface area is 122 Å². The zero-order valence-corrected chi connectivity index (χ0v) is 12.8. The van der Waals surface area contributed by atoms with Crippen LogP contribution in [0.1, 0.15) is 31.2 Å². The maximum absolute atomic E-state index is 6.23. The summed E-state index contributed by atoms with van der Waals surface area (Å²) in [5.41, 5.74) is 1.23. The number of nitrogens with one attached hydrogen (secondary N) is 1. The second-order valence-electron chi connectivity index (χ2n) is 5.73. The molecule has 1 aliphatic carbocycles. The third kappa shape index (κ3) is 4.20. The summed E-state index contributed by atoms with van der Waals surface area (Å²) >= 11 is 6.23. The van der Waals surface area contributed by atoms with Crippen molar-refractivity contribution in [2.75, 3.05) is 20.6 Å². The normalized spacial score (nSPS) is 23.8. The first-order valence-electron chi connectivity index (χ1n) is 7.30. The van der Waals surface area contributed by atoms with Crippen molar-refractivity contribution in [1.29, 1.82) is 0 Å². The van der Waals surface area contributed by atoms with Crippen LogP contribution in [-0.4, -0.2) is 31.6 Å². The lowest BCUT2D eigenvalue weighted by atomic mass is 9.84. The van der Waals surface area contributed by atoms with E-state index in [1.54, 1.807) is 0 Å². The van der Waals surface area contributed by atoms with Crippen LogP contribution in [0.15, 0.2) is 24.3 Å². The lowest BCUT2D eigenvalue weighted by Gasteiger charge is -2.34. The predicted octanol–water partition coefficient (Wildman–Crippen LogP) is 3.55. The largest absolute Gasteiger partial charge is 0.317 e. The molecule has 0 saturated heterocycles. The SMILES string of the molecule is CNC1CCCCC1CN(C)Cc1ccccc1Cl. The maximum atomic E-state index is 6.23. The van der Waals surface area contributed by atoms with Crippen molar-refractivity contribution in [3.8, 4) is 0 Å². The predicted molar refractivity (Wildman–Crippen MR) is 82.6 cm³/mol. The second-order valence-corrected chi connectivity index (χ2v) is 6.14. The van der Waals surface area contributed by atoms with Gasteiger partial charge >= 0.3 is 0 Å². The van der Waals surface area contributed by atoms with Crippen LogP contribution in [-0.2, 0) is 6.54 Å². The third-order valence-corrected chi connectivity index (χ3v) is 4.59. The van der Waals surface area contributed by atoms with Crippen molar-refractivity contribution in [1.82, 2.24) is 10.2 Å². The van der Waals surface area contributed by atoms with Crippen LogP contribution in [0.4, 0.5) is 0 Å². The highest BCUT2D eigenvalue weighted by Crippen LogP contribution is 2.25. The van der Waals surface area contributed by atoms with Gasteiger partial charge in [-0.2, -0.15) is 0 Å². The number of halogens is 1. The molecule has 1 fully saturated rings. The van der Waals surface area contributed by atoms with Gasteiger partial charge in [0.2, 0.25) is 0 Å². The van der Waals surface area contributed by atoms with Crippen molar-refractivity contribution in [3.63, 3.8) is 0 Å². The molecule has 0 aromatic heterocycles. The summed E-state index contributed by atoms with van der Waals surface area (Å²) < 4.78 is 0. The van der Waals surface area contributed by atoms with Crippen LogP contribution in [0.5, 0.6) is 0 Å². The average Bonchev–Trinajstić information content (AvgIpc) is 2.42. The van der Waals surface area contributed by atoms with Gasteiger partial charge in [0.1, 0.15) is 0 Å². The molecule has 1 aromatic rings. The molecule has 19 heavy (non-hydrogen) atoms. The van der Waals surface area contributed by atoms with E-state index < -0.39 is 0 Å². The van der Waals surface area contributed by atoms with Gasteiger partial charge in [0, 0.05) is 24.2 Å². The molecule has 1 aliphatic rings. The molecule has 1 saturated carbocycles. The van der Waals surface area contributed by atoms with Crippen molar-refractivity contribution in [2.45, 2.75) is 38.3 Å². The molecule has 2 unspecified atom stereocenters. The fraction of sp³-hybridized carbons (Fsp3) is 0.625. The smallest absolute Gasteiger partial charge is 0.0451 e. The molecule has 3 heteroatoms. The first kappa shape index (κ1) is 14.8. The lowest BCUT2D eigenvalue weighted by Crippen LogP contribution is -2.41. The summed E-state index contributed by atoms with van der Waals surface area (Å²) in [5, 5.41) is 4.36. The molecule has 1 N–H and O–H groups in total. The molecule has 0 bridgehead atoms. The zero-order valence-electron chi connectivity index (χ0n) is 12.0. The van der Waals surface area contributed by atoms with Gasteiger partial charge in [-0.25, -0.2) is 0 Å². The Morgan fingerprint density at radius 3 is 2.74 bits per heavy atom. The van der Waals surface area contributed by atoms with Crippen LogP contribution in [0.3, 0.4) is 0 Å². The van der Waals surface area contributed by atoms with Crippen LogP contribution in [0.25, 0.3) is 0 Å². The molecule has 2 rings (SSSR count). The molecule has 2 atom stereocenters. The van der Waals surface area contributed by atoms with Crippen LogP contribution < -0.4 is 5.32 Å². The highest BCUT2D eigenvalue weighted by Gasteiger charge is 2.24. The molecule has 1 aromatic carbocycles. The number of rotatable bonds is 5. The minimum Gasteiger partial charge on any atom is -0.317 e. The second kappa shape index (κ2) is 7.28. The number of nitrogens with zero attached hydrogens (tertiary/aromatic N) is 1. The van der Waals surface area contributed by atoms with Crippen molar-refractivity contribution in [3.05, 3.63) is 34.9 Å². The van der Waals surface area contributed by atoms with E-state index in [-0.39, 0.29) is 0 Å². The highest BCUT2D eigenvalue weighted by atomic mass is 35.5. The van der Waals surface area contributed by atoms with E-state index in [2.05, 4.69) is 36.4 Å². The summed E-state index contributed by atoms with van der Waals surface area (Å²) in [6.45, 7) is 2.09. The Hall–Kier alpha value is -0.570. The van der Waals surface area contributed by atoms with Crippen molar-refractivity contribution < 1.29 is 0 Å². The van der Waals surface area contributed by atoms with E-state index in [1.165, 1.54) is 31.2 Å². The van der Waals surface area contributed by atoms with Gasteiger partial charge in [-0.1, -0.05) is 42.6 Å². The average molecular weight is 281 g/mol. The Kier molecular flexibility index (Phi) is 5.68. The van der Waals surface area contributed by atoms with Crippen molar-refractivity contribution >= 4 is 11.6 Å². The number of hydrogen-bond donors (Lipinski definition) is 1. The Balaban J connectivity index is 1.90. The van der Waals surface area contributed by atoms with Gasteiger partial charge in [0.15, 0.2) is 0 Å². The van der Waals surface area contributed by atoms with Gasteiger partial charge in [-0.3, -0.25) is 0 Å². The van der Waals surface area contributed by atoms with E-state index in [0.717, 1.165) is 24.0 Å². The quantitative estimate of drug-likeness (QED) is 0.887. The van der Waals surface area contributed by atoms with Gasteiger partial charge in [0.05, 0.1) is 0 Å². The van der Waals surface area contributed by atoms with Crippen LogP contribution in [0.2, 0.25) is 5.02 Å². The maximum Gasteiger partial charge on any atom is 0.0451 e. The number of benzene rings is 1. The molecule has 0 heterocycles. The molecule has 0 spiro atoms. The molecule has 2 nitrogen and oxygen atoms in total. The fourth-order valence-corrected chi connectivity index (χ4v) is 3.38. The molecule has 106 valence electrons. The van der Waals surface area contributed by atoms with E-state index in [1.807, 2.05) is 12.1 Å². The Morgan fingerprint density at radius 2 is 2.00 bits per heavy atom. The molecular weight excluding hydrogens is 256 g/mol. The van der Waals surface area contributed by atoms with Gasteiger partial charge in [-0.05, 0) is 44.5 Å². The molecule has 0 amide bonds. The summed E-state index contributed by atoms with van der Waals surface area (Å²) in [6, 6.07) is 8.83. The van der Waals surface area contributed by atoms with Gasteiger partial charge in [0.25, 0.3) is 0 Å². The Morgan fingerprint density at radius 1 is 1.26 bits per heavy atom. The van der Waals surface area contributed by atoms with Gasteiger partial charge < -0.3 is 10.2 Å². The highest BCUT2D eigenvalue weighted by molar-refractivity contribution is 6.31.